The summed E-state index contributed by atoms with van der Waals surface area (Å²) in [5.74, 6) is -0.0511. The van der Waals surface area contributed by atoms with E-state index in [4.69, 9.17) is 10.5 Å². The first kappa shape index (κ1) is 12.7. The summed E-state index contributed by atoms with van der Waals surface area (Å²) in [4.78, 5) is 3.45. The number of ether oxygens (including phenoxy) is 1. The van der Waals surface area contributed by atoms with Gasteiger partial charge in [0, 0.05) is 6.20 Å². The summed E-state index contributed by atoms with van der Waals surface area (Å²) >= 11 is 4.65. The molecule has 88 valence electrons. The molecule has 0 aliphatic heterocycles. The quantitative estimate of drug-likeness (QED) is 0.835. The zero-order valence-corrected chi connectivity index (χ0v) is 9.15. The highest BCUT2D eigenvalue weighted by Crippen LogP contribution is 2.31. The molecule has 0 atom stereocenters. The molecule has 0 saturated carbocycles. The molecule has 0 aliphatic rings. The van der Waals surface area contributed by atoms with Crippen LogP contribution in [0, 0.1) is 0 Å². The van der Waals surface area contributed by atoms with Crippen molar-refractivity contribution in [3.05, 3.63) is 23.5 Å². The van der Waals surface area contributed by atoms with Crippen molar-refractivity contribution in [3.8, 4) is 5.75 Å². The first-order chi connectivity index (χ1) is 7.36. The van der Waals surface area contributed by atoms with Gasteiger partial charge in [0.1, 0.15) is 16.4 Å². The van der Waals surface area contributed by atoms with Crippen LogP contribution < -0.4 is 10.5 Å². The first-order valence-electron chi connectivity index (χ1n) is 4.36. The molecule has 3 nitrogen and oxygen atoms in total. The van der Waals surface area contributed by atoms with Crippen molar-refractivity contribution in [1.29, 1.82) is 0 Å². The van der Waals surface area contributed by atoms with Crippen molar-refractivity contribution in [3.63, 3.8) is 0 Å². The van der Waals surface area contributed by atoms with Crippen molar-refractivity contribution in [1.82, 2.24) is 4.98 Å². The van der Waals surface area contributed by atoms with Gasteiger partial charge < -0.3 is 10.5 Å². The standard InChI is InChI=1S/C9H9F3N2OS/c1-2-15-6-3-5(9(10,11)12)4-14-7(6)8(13)16/h3-4H,2H2,1H3,(H2,13,16). The van der Waals surface area contributed by atoms with Crippen LogP contribution in [-0.4, -0.2) is 16.6 Å². The number of hydrogen-bond donors (Lipinski definition) is 1. The van der Waals surface area contributed by atoms with Gasteiger partial charge in [0.2, 0.25) is 0 Å². The molecule has 0 fully saturated rings. The van der Waals surface area contributed by atoms with Crippen LogP contribution >= 0.6 is 12.2 Å². The second-order valence-corrected chi connectivity index (χ2v) is 3.31. The van der Waals surface area contributed by atoms with Crippen LogP contribution in [0.3, 0.4) is 0 Å². The Bertz CT molecular complexity index is 406. The van der Waals surface area contributed by atoms with E-state index >= 15 is 0 Å². The van der Waals surface area contributed by atoms with E-state index in [1.54, 1.807) is 6.92 Å². The Morgan fingerprint density at radius 1 is 1.56 bits per heavy atom. The number of thiocarbonyl (C=S) groups is 1. The summed E-state index contributed by atoms with van der Waals surface area (Å²) in [5.41, 5.74) is 4.48. The van der Waals surface area contributed by atoms with Gasteiger partial charge in [0.05, 0.1) is 12.2 Å². The minimum atomic E-state index is -4.46. The van der Waals surface area contributed by atoms with Crippen LogP contribution in [0.1, 0.15) is 18.2 Å². The predicted octanol–water partition coefficient (Wildman–Crippen LogP) is 2.13. The Hall–Kier alpha value is -1.37. The first-order valence-corrected chi connectivity index (χ1v) is 4.77. The van der Waals surface area contributed by atoms with Crippen molar-refractivity contribution < 1.29 is 17.9 Å². The van der Waals surface area contributed by atoms with E-state index in [1.807, 2.05) is 0 Å². The number of nitrogens with zero attached hydrogens (tertiary/aromatic N) is 1. The normalized spacial score (nSPS) is 11.2. The van der Waals surface area contributed by atoms with Gasteiger partial charge >= 0.3 is 6.18 Å². The molecular weight excluding hydrogens is 241 g/mol. The van der Waals surface area contributed by atoms with Crippen LogP contribution in [-0.2, 0) is 6.18 Å². The van der Waals surface area contributed by atoms with Crippen molar-refractivity contribution in [2.24, 2.45) is 5.73 Å². The highest BCUT2D eigenvalue weighted by atomic mass is 32.1. The Kier molecular flexibility index (Phi) is 3.69. The van der Waals surface area contributed by atoms with Crippen molar-refractivity contribution >= 4 is 17.2 Å². The Morgan fingerprint density at radius 3 is 2.62 bits per heavy atom. The van der Waals surface area contributed by atoms with E-state index in [-0.39, 0.29) is 23.0 Å². The maximum Gasteiger partial charge on any atom is 0.418 e. The third kappa shape index (κ3) is 2.82. The van der Waals surface area contributed by atoms with E-state index in [0.29, 0.717) is 6.20 Å². The minimum Gasteiger partial charge on any atom is -0.491 e. The summed E-state index contributed by atoms with van der Waals surface area (Å²) in [6.45, 7) is 1.85. The Morgan fingerprint density at radius 2 is 2.19 bits per heavy atom. The van der Waals surface area contributed by atoms with Crippen LogP contribution in [0.5, 0.6) is 5.75 Å². The lowest BCUT2D eigenvalue weighted by molar-refractivity contribution is -0.137. The van der Waals surface area contributed by atoms with Gasteiger partial charge in [-0.3, -0.25) is 0 Å². The van der Waals surface area contributed by atoms with Gasteiger partial charge in [0.15, 0.2) is 0 Å². The number of aromatic nitrogens is 1. The Labute approximate surface area is 95.4 Å². The number of halogens is 3. The molecule has 0 bridgehead atoms. The maximum atomic E-state index is 12.4. The zero-order chi connectivity index (χ0) is 12.3. The second-order valence-electron chi connectivity index (χ2n) is 2.87. The summed E-state index contributed by atoms with van der Waals surface area (Å²) in [7, 11) is 0. The molecule has 2 N–H and O–H groups in total. The predicted molar refractivity (Wildman–Crippen MR) is 56.3 cm³/mol. The van der Waals surface area contributed by atoms with E-state index in [1.165, 1.54) is 0 Å². The number of rotatable bonds is 3. The third-order valence-corrected chi connectivity index (χ3v) is 1.91. The van der Waals surface area contributed by atoms with Gasteiger partial charge in [-0.25, -0.2) is 4.98 Å². The fourth-order valence-electron chi connectivity index (χ4n) is 1.05. The molecule has 0 aromatic carbocycles. The second kappa shape index (κ2) is 4.65. The van der Waals surface area contributed by atoms with Gasteiger partial charge in [0.25, 0.3) is 0 Å². The number of pyridine rings is 1. The van der Waals surface area contributed by atoms with Crippen molar-refractivity contribution in [2.75, 3.05) is 6.61 Å². The monoisotopic (exact) mass is 250 g/mol. The summed E-state index contributed by atoms with van der Waals surface area (Å²) in [5, 5.41) is 0. The molecule has 0 aliphatic carbocycles. The summed E-state index contributed by atoms with van der Waals surface area (Å²) < 4.78 is 42.1. The topological polar surface area (TPSA) is 48.1 Å². The number of nitrogens with two attached hydrogens (primary N) is 1. The lowest BCUT2D eigenvalue weighted by atomic mass is 10.2. The highest BCUT2D eigenvalue weighted by Gasteiger charge is 2.32. The smallest absolute Gasteiger partial charge is 0.418 e. The molecular formula is C9H9F3N2OS. The average Bonchev–Trinajstić information content (AvgIpc) is 2.16. The Balaban J connectivity index is 3.22. The maximum absolute atomic E-state index is 12.4. The highest BCUT2D eigenvalue weighted by molar-refractivity contribution is 7.80. The fraction of sp³-hybridized carbons (Fsp3) is 0.333. The summed E-state index contributed by atoms with van der Waals surface area (Å²) in [6.07, 6.45) is -3.79. The molecule has 7 heteroatoms. The minimum absolute atomic E-state index is 0.0511. The van der Waals surface area contributed by atoms with Crippen LogP contribution in [0.25, 0.3) is 0 Å². The molecule has 0 radical (unpaired) electrons. The molecule has 1 rings (SSSR count). The molecule has 1 aromatic rings. The van der Waals surface area contributed by atoms with Crippen LogP contribution in [0.15, 0.2) is 12.3 Å². The van der Waals surface area contributed by atoms with Gasteiger partial charge in [-0.2, -0.15) is 13.2 Å². The molecule has 1 aromatic heterocycles. The van der Waals surface area contributed by atoms with Gasteiger partial charge in [-0.15, -0.1) is 0 Å². The zero-order valence-electron chi connectivity index (χ0n) is 8.34. The molecule has 0 unspecified atom stereocenters. The van der Waals surface area contributed by atoms with Crippen molar-refractivity contribution in [2.45, 2.75) is 13.1 Å². The molecule has 0 saturated heterocycles. The largest absolute Gasteiger partial charge is 0.491 e. The lowest BCUT2D eigenvalue weighted by Crippen LogP contribution is -2.16. The third-order valence-electron chi connectivity index (χ3n) is 1.71. The molecule has 1 heterocycles. The van der Waals surface area contributed by atoms with E-state index < -0.39 is 11.7 Å². The molecule has 0 spiro atoms. The average molecular weight is 250 g/mol. The summed E-state index contributed by atoms with van der Waals surface area (Å²) in [6, 6.07) is 0.838. The van der Waals surface area contributed by atoms with E-state index in [2.05, 4.69) is 17.2 Å². The lowest BCUT2D eigenvalue weighted by Gasteiger charge is -2.11. The van der Waals surface area contributed by atoms with Crippen LogP contribution in [0.2, 0.25) is 0 Å². The van der Waals surface area contributed by atoms with E-state index in [9.17, 15) is 13.2 Å². The fourth-order valence-corrected chi connectivity index (χ4v) is 1.20. The SMILES string of the molecule is CCOc1cc(C(F)(F)F)cnc1C(N)=S. The number of hydrogen-bond acceptors (Lipinski definition) is 3. The molecule has 0 amide bonds. The van der Waals surface area contributed by atoms with Gasteiger partial charge in [-0.1, -0.05) is 12.2 Å². The number of alkyl halides is 3. The van der Waals surface area contributed by atoms with Crippen LogP contribution in [0.4, 0.5) is 13.2 Å². The van der Waals surface area contributed by atoms with E-state index in [0.717, 1.165) is 6.07 Å². The molecule has 16 heavy (non-hydrogen) atoms. The van der Waals surface area contributed by atoms with Gasteiger partial charge in [-0.05, 0) is 13.0 Å².